The molecule has 7 heteroatoms. The molecule has 5 nitrogen and oxygen atoms in total. The van der Waals surface area contributed by atoms with Gasteiger partial charge in [-0.15, -0.1) is 0 Å². The third-order valence-electron chi connectivity index (χ3n) is 5.52. The molecule has 0 aliphatic carbocycles. The lowest BCUT2D eigenvalue weighted by Gasteiger charge is -2.36. The van der Waals surface area contributed by atoms with Crippen molar-refractivity contribution in [1.82, 2.24) is 24.8 Å². The van der Waals surface area contributed by atoms with Gasteiger partial charge in [0.2, 0.25) is 0 Å². The van der Waals surface area contributed by atoms with Gasteiger partial charge in [-0.25, -0.2) is 4.98 Å². The van der Waals surface area contributed by atoms with E-state index in [1.54, 1.807) is 18.7 Å². The zero-order valence-corrected chi connectivity index (χ0v) is 15.9. The van der Waals surface area contributed by atoms with Gasteiger partial charge in [0, 0.05) is 62.4 Å². The topological polar surface area (TPSA) is 48.1 Å². The van der Waals surface area contributed by atoms with Crippen molar-refractivity contribution < 1.29 is 0 Å². The second-order valence-electron chi connectivity index (χ2n) is 7.28. The zero-order chi connectivity index (χ0) is 17.4. The Labute approximate surface area is 158 Å². The summed E-state index contributed by atoms with van der Waals surface area (Å²) in [5, 5.41) is 1.33. The Morgan fingerprint density at radius 1 is 1.12 bits per heavy atom. The predicted octanol–water partition coefficient (Wildman–Crippen LogP) is 3.52. The van der Waals surface area contributed by atoms with E-state index in [2.05, 4.69) is 31.7 Å². The number of aryl methyl sites for hydroxylation is 1. The van der Waals surface area contributed by atoms with Crippen molar-refractivity contribution >= 4 is 23.2 Å². The summed E-state index contributed by atoms with van der Waals surface area (Å²) >= 11 is 12.7. The number of halogens is 2. The Balaban J connectivity index is 1.49. The van der Waals surface area contributed by atoms with Crippen LogP contribution in [0.4, 0.5) is 0 Å². The van der Waals surface area contributed by atoms with Crippen LogP contribution in [0.3, 0.4) is 0 Å². The van der Waals surface area contributed by atoms with Crippen LogP contribution in [0, 0.1) is 12.8 Å². The van der Waals surface area contributed by atoms with Crippen LogP contribution in [0.2, 0.25) is 10.0 Å². The number of hydrogen-bond acceptors (Lipinski definition) is 4. The molecule has 0 radical (unpaired) electrons. The van der Waals surface area contributed by atoms with Crippen molar-refractivity contribution in [2.45, 2.75) is 38.9 Å². The molecule has 0 unspecified atom stereocenters. The quantitative estimate of drug-likeness (QED) is 0.882. The molecule has 3 saturated heterocycles. The van der Waals surface area contributed by atoms with E-state index < -0.39 is 0 Å². The minimum absolute atomic E-state index is 0.540. The maximum atomic E-state index is 6.34. The Morgan fingerprint density at radius 2 is 1.92 bits per heavy atom. The van der Waals surface area contributed by atoms with E-state index in [-0.39, 0.29) is 0 Å². The summed E-state index contributed by atoms with van der Waals surface area (Å²) in [6.07, 6.45) is 7.70. The fourth-order valence-corrected chi connectivity index (χ4v) is 4.63. The molecule has 2 aromatic rings. The van der Waals surface area contributed by atoms with Crippen molar-refractivity contribution in [3.63, 3.8) is 0 Å². The summed E-state index contributed by atoms with van der Waals surface area (Å²) in [5.41, 5.74) is 3.33. The molecule has 2 bridgehead atoms. The number of aromatic amines is 1. The van der Waals surface area contributed by atoms with E-state index in [9.17, 15) is 0 Å². The van der Waals surface area contributed by atoms with Gasteiger partial charge in [0.1, 0.15) is 0 Å². The van der Waals surface area contributed by atoms with Gasteiger partial charge in [0.05, 0.1) is 22.1 Å². The predicted molar refractivity (Wildman–Crippen MR) is 99.8 cm³/mol. The first kappa shape index (κ1) is 17.3. The van der Waals surface area contributed by atoms with Gasteiger partial charge < -0.3 is 4.98 Å². The summed E-state index contributed by atoms with van der Waals surface area (Å²) < 4.78 is 0. The number of nitrogens with one attached hydrogen (secondary N) is 1. The number of nitrogens with zero attached hydrogens (tertiary/aromatic N) is 4. The highest BCUT2D eigenvalue weighted by molar-refractivity contribution is 6.35. The highest BCUT2D eigenvalue weighted by atomic mass is 35.5. The lowest BCUT2D eigenvalue weighted by Crippen LogP contribution is -2.43. The average molecular weight is 380 g/mol. The van der Waals surface area contributed by atoms with Crippen LogP contribution in [0.15, 0.2) is 18.7 Å². The van der Waals surface area contributed by atoms with E-state index in [1.807, 2.05) is 0 Å². The standard InChI is InChI=1S/C18H23Cl2N5/c1-12-18(23-11-22-12)10-24-6-13-2-3-14(8-24)25(7-13)9-15-16(19)4-21-5-17(15)20/h4-5,11,13-14H,2-3,6-10H2,1H3,(H,22,23)/t13-,14+/m1/s1. The van der Waals surface area contributed by atoms with Crippen LogP contribution < -0.4 is 0 Å². The SMILES string of the molecule is Cc1[nH]cnc1CN1C[C@H]2CC[C@@H](C1)N(Cc1c(Cl)cncc1Cl)C2. The first-order chi connectivity index (χ1) is 12.1. The smallest absolute Gasteiger partial charge is 0.0925 e. The molecule has 3 aliphatic rings. The normalized spacial score (nSPS) is 24.6. The Morgan fingerprint density at radius 3 is 2.64 bits per heavy atom. The maximum Gasteiger partial charge on any atom is 0.0925 e. The van der Waals surface area contributed by atoms with Crippen molar-refractivity contribution in [3.05, 3.63) is 45.7 Å². The second kappa shape index (κ2) is 7.23. The molecular formula is C18H23Cl2N5. The third kappa shape index (κ3) is 3.70. The van der Waals surface area contributed by atoms with Crippen LogP contribution in [-0.4, -0.2) is 50.4 Å². The fraction of sp³-hybridized carbons (Fsp3) is 0.556. The molecule has 0 aromatic carbocycles. The van der Waals surface area contributed by atoms with E-state index >= 15 is 0 Å². The van der Waals surface area contributed by atoms with Crippen molar-refractivity contribution in [1.29, 1.82) is 0 Å². The molecule has 3 aliphatic heterocycles. The zero-order valence-electron chi connectivity index (χ0n) is 14.4. The first-order valence-corrected chi connectivity index (χ1v) is 9.59. The first-order valence-electron chi connectivity index (χ1n) is 8.83. The molecule has 25 heavy (non-hydrogen) atoms. The van der Waals surface area contributed by atoms with E-state index in [0.29, 0.717) is 22.0 Å². The largest absolute Gasteiger partial charge is 0.348 e. The summed E-state index contributed by atoms with van der Waals surface area (Å²) in [6, 6.07) is 0.540. The second-order valence-corrected chi connectivity index (χ2v) is 8.09. The maximum absolute atomic E-state index is 6.34. The molecule has 1 N–H and O–H groups in total. The van der Waals surface area contributed by atoms with E-state index in [4.69, 9.17) is 23.2 Å². The number of imidazole rings is 1. The summed E-state index contributed by atoms with van der Waals surface area (Å²) in [7, 11) is 0. The van der Waals surface area contributed by atoms with Gasteiger partial charge in [-0.3, -0.25) is 14.8 Å². The molecule has 2 aromatic heterocycles. The molecule has 134 valence electrons. The van der Waals surface area contributed by atoms with Crippen molar-refractivity contribution in [3.8, 4) is 0 Å². The highest BCUT2D eigenvalue weighted by Crippen LogP contribution is 2.32. The number of hydrogen-bond donors (Lipinski definition) is 1. The third-order valence-corrected chi connectivity index (χ3v) is 6.18. The average Bonchev–Trinajstić information content (AvgIpc) is 2.80. The monoisotopic (exact) mass is 379 g/mol. The molecule has 0 spiro atoms. The fourth-order valence-electron chi connectivity index (χ4n) is 4.15. The minimum Gasteiger partial charge on any atom is -0.348 e. The molecule has 5 rings (SSSR count). The number of H-pyrrole nitrogens is 1. The Bertz CT molecular complexity index is 727. The molecule has 0 saturated carbocycles. The Kier molecular flexibility index (Phi) is 5.00. The van der Waals surface area contributed by atoms with Gasteiger partial charge in [-0.1, -0.05) is 23.2 Å². The molecular weight excluding hydrogens is 357 g/mol. The van der Waals surface area contributed by atoms with Crippen LogP contribution in [-0.2, 0) is 13.1 Å². The van der Waals surface area contributed by atoms with Gasteiger partial charge in [-0.05, 0) is 25.7 Å². The van der Waals surface area contributed by atoms with Crippen LogP contribution in [0.25, 0.3) is 0 Å². The summed E-state index contributed by atoms with van der Waals surface area (Å²) in [5.74, 6) is 0.692. The number of fused-ring (bicyclic) bond motifs is 4. The Hall–Kier alpha value is -1.14. The number of piperidine rings is 1. The minimum atomic E-state index is 0.540. The van der Waals surface area contributed by atoms with Crippen molar-refractivity contribution in [2.75, 3.05) is 19.6 Å². The highest BCUT2D eigenvalue weighted by Gasteiger charge is 2.35. The van der Waals surface area contributed by atoms with Crippen LogP contribution in [0.1, 0.15) is 29.8 Å². The number of pyridine rings is 1. The van der Waals surface area contributed by atoms with E-state index in [1.165, 1.54) is 18.5 Å². The van der Waals surface area contributed by atoms with Gasteiger partial charge in [-0.2, -0.15) is 0 Å². The van der Waals surface area contributed by atoms with Gasteiger partial charge >= 0.3 is 0 Å². The van der Waals surface area contributed by atoms with Crippen molar-refractivity contribution in [2.24, 2.45) is 5.92 Å². The van der Waals surface area contributed by atoms with Gasteiger partial charge in [0.25, 0.3) is 0 Å². The number of aromatic nitrogens is 3. The summed E-state index contributed by atoms with van der Waals surface area (Å²) in [4.78, 5) is 16.8. The molecule has 2 atom stereocenters. The molecule has 0 amide bonds. The lowest BCUT2D eigenvalue weighted by molar-refractivity contribution is 0.123. The van der Waals surface area contributed by atoms with Crippen LogP contribution >= 0.6 is 23.2 Å². The molecule has 5 heterocycles. The lowest BCUT2D eigenvalue weighted by atomic mass is 9.94. The van der Waals surface area contributed by atoms with E-state index in [0.717, 1.165) is 44.0 Å². The van der Waals surface area contributed by atoms with Gasteiger partial charge in [0.15, 0.2) is 0 Å². The summed E-state index contributed by atoms with van der Waals surface area (Å²) in [6.45, 7) is 7.13. The number of rotatable bonds is 4. The molecule has 3 fully saturated rings. The van der Waals surface area contributed by atoms with Crippen LogP contribution in [0.5, 0.6) is 0 Å².